The van der Waals surface area contributed by atoms with Crippen LogP contribution in [0, 0.1) is 12.7 Å². The van der Waals surface area contributed by atoms with E-state index in [0.717, 1.165) is 17.6 Å². The molecule has 2 aromatic heterocycles. The molecule has 1 aromatic carbocycles. The lowest BCUT2D eigenvalue weighted by molar-refractivity contribution is 0.205. The lowest BCUT2D eigenvalue weighted by atomic mass is 10.1. The number of aryl methyl sites for hydroxylation is 1. The second-order valence-electron chi connectivity index (χ2n) is 6.78. The molecule has 0 bridgehead atoms. The highest BCUT2D eigenvalue weighted by atomic mass is 32.2. The van der Waals surface area contributed by atoms with Gasteiger partial charge in [0.05, 0.1) is 34.8 Å². The molecule has 0 saturated carbocycles. The first kappa shape index (κ1) is 19.5. The van der Waals surface area contributed by atoms with E-state index >= 15 is 0 Å². The molecule has 152 valence electrons. The van der Waals surface area contributed by atoms with Crippen molar-refractivity contribution in [2.75, 3.05) is 18.1 Å². The highest BCUT2D eigenvalue weighted by molar-refractivity contribution is 7.90. The average Bonchev–Trinajstić information content (AvgIpc) is 3.26. The minimum Gasteiger partial charge on any atom is -0.347 e. The minimum absolute atomic E-state index is 0.274. The van der Waals surface area contributed by atoms with Crippen LogP contribution in [0.2, 0.25) is 0 Å². The summed E-state index contributed by atoms with van der Waals surface area (Å²) < 4.78 is 37.4. The van der Waals surface area contributed by atoms with E-state index in [4.69, 9.17) is 0 Å². The summed E-state index contributed by atoms with van der Waals surface area (Å²) in [6.45, 7) is 2.75. The summed E-state index contributed by atoms with van der Waals surface area (Å²) >= 11 is 1.21. The van der Waals surface area contributed by atoms with Crippen molar-refractivity contribution in [1.29, 1.82) is 0 Å². The van der Waals surface area contributed by atoms with Crippen LogP contribution in [0.3, 0.4) is 0 Å². The van der Waals surface area contributed by atoms with Crippen molar-refractivity contribution < 1.29 is 17.6 Å². The number of amides is 2. The zero-order valence-electron chi connectivity index (χ0n) is 15.7. The quantitative estimate of drug-likeness (QED) is 0.658. The molecule has 0 unspecified atom stereocenters. The van der Waals surface area contributed by atoms with Crippen molar-refractivity contribution in [3.8, 4) is 10.4 Å². The van der Waals surface area contributed by atoms with Gasteiger partial charge in [-0.1, -0.05) is 17.4 Å². The number of nitrogens with one attached hydrogen (secondary N) is 2. The van der Waals surface area contributed by atoms with Gasteiger partial charge in [-0.25, -0.2) is 27.6 Å². The Hall–Kier alpha value is -2.79. The first-order valence-corrected chi connectivity index (χ1v) is 11.5. The van der Waals surface area contributed by atoms with Gasteiger partial charge in [0, 0.05) is 19.2 Å². The molecule has 0 fully saturated rings. The van der Waals surface area contributed by atoms with Gasteiger partial charge in [-0.3, -0.25) is 5.32 Å². The first-order chi connectivity index (χ1) is 13.7. The normalized spacial score (nSPS) is 14.0. The molecular weight excluding hydrogens is 417 g/mol. The van der Waals surface area contributed by atoms with Crippen LogP contribution < -0.4 is 5.32 Å². The number of sulfone groups is 1. The van der Waals surface area contributed by atoms with Crippen LogP contribution in [0.1, 0.15) is 17.1 Å². The van der Waals surface area contributed by atoms with Crippen molar-refractivity contribution in [2.24, 2.45) is 0 Å². The standard InChI is InChI=1S/C18H18FN5O3S2/c1-10-16(11-3-4-15(12(19)7-11)29(2,26)27)28-17(22-10)23-18(25)24-6-5-13-14(8-24)21-9-20-13/h3-4,7,9H,5-6,8H2,1-2H3,(H,20,21)(H,22,23,25). The maximum absolute atomic E-state index is 14.2. The average molecular weight is 436 g/mol. The predicted octanol–water partition coefficient (Wildman–Crippen LogP) is 2.97. The second-order valence-corrected chi connectivity index (χ2v) is 9.76. The number of H-pyrrole nitrogens is 1. The predicted molar refractivity (Wildman–Crippen MR) is 107 cm³/mol. The largest absolute Gasteiger partial charge is 0.347 e. The molecule has 1 aliphatic rings. The molecular formula is C18H18FN5O3S2. The number of aromatic amines is 1. The Morgan fingerprint density at radius 2 is 2.17 bits per heavy atom. The van der Waals surface area contributed by atoms with Gasteiger partial charge in [0.1, 0.15) is 10.7 Å². The van der Waals surface area contributed by atoms with E-state index in [1.807, 2.05) is 0 Å². The highest BCUT2D eigenvalue weighted by Crippen LogP contribution is 2.34. The van der Waals surface area contributed by atoms with E-state index in [2.05, 4.69) is 20.3 Å². The van der Waals surface area contributed by atoms with Gasteiger partial charge in [0.15, 0.2) is 15.0 Å². The number of halogens is 1. The summed E-state index contributed by atoms with van der Waals surface area (Å²) in [5, 5.41) is 3.18. The summed E-state index contributed by atoms with van der Waals surface area (Å²) in [4.78, 5) is 26.2. The molecule has 0 aliphatic carbocycles. The van der Waals surface area contributed by atoms with Crippen LogP contribution in [0.4, 0.5) is 14.3 Å². The Labute approximate surface area is 170 Å². The molecule has 0 radical (unpaired) electrons. The van der Waals surface area contributed by atoms with Crippen LogP contribution >= 0.6 is 11.3 Å². The van der Waals surface area contributed by atoms with Gasteiger partial charge in [-0.05, 0) is 24.6 Å². The zero-order valence-corrected chi connectivity index (χ0v) is 17.3. The van der Waals surface area contributed by atoms with E-state index in [0.29, 0.717) is 40.8 Å². The number of urea groups is 1. The van der Waals surface area contributed by atoms with Gasteiger partial charge in [0.2, 0.25) is 0 Å². The van der Waals surface area contributed by atoms with Crippen LogP contribution in [0.25, 0.3) is 10.4 Å². The zero-order chi connectivity index (χ0) is 20.8. The molecule has 11 heteroatoms. The fraction of sp³-hybridized carbons (Fsp3) is 0.278. The van der Waals surface area contributed by atoms with Gasteiger partial charge >= 0.3 is 6.03 Å². The number of imidazole rings is 1. The number of thiazole rings is 1. The maximum Gasteiger partial charge on any atom is 0.324 e. The third kappa shape index (κ3) is 3.87. The van der Waals surface area contributed by atoms with Crippen LogP contribution in [-0.2, 0) is 22.8 Å². The van der Waals surface area contributed by atoms with Crippen LogP contribution in [-0.4, -0.2) is 47.1 Å². The number of fused-ring (bicyclic) bond motifs is 1. The molecule has 4 rings (SSSR count). The number of rotatable bonds is 3. The van der Waals surface area contributed by atoms with E-state index < -0.39 is 15.7 Å². The summed E-state index contributed by atoms with van der Waals surface area (Å²) in [6, 6.07) is 3.68. The summed E-state index contributed by atoms with van der Waals surface area (Å²) in [6.07, 6.45) is 3.26. The van der Waals surface area contributed by atoms with Crippen molar-refractivity contribution >= 4 is 32.3 Å². The number of aromatic nitrogens is 3. The first-order valence-electron chi connectivity index (χ1n) is 8.77. The third-order valence-electron chi connectivity index (χ3n) is 4.67. The fourth-order valence-electron chi connectivity index (χ4n) is 3.22. The highest BCUT2D eigenvalue weighted by Gasteiger charge is 2.24. The number of nitrogens with zero attached hydrogens (tertiary/aromatic N) is 3. The van der Waals surface area contributed by atoms with Gasteiger partial charge in [0.25, 0.3) is 0 Å². The molecule has 29 heavy (non-hydrogen) atoms. The SMILES string of the molecule is Cc1nc(NC(=O)N2CCc3nc[nH]c3C2)sc1-c1ccc(S(C)(=O)=O)c(F)c1. The fourth-order valence-corrected chi connectivity index (χ4v) is 4.90. The maximum atomic E-state index is 14.2. The Balaban J connectivity index is 1.53. The molecule has 1 aliphatic heterocycles. The second kappa shape index (κ2) is 7.23. The summed E-state index contributed by atoms with van der Waals surface area (Å²) in [5.74, 6) is -0.813. The van der Waals surface area contributed by atoms with Crippen molar-refractivity contribution in [3.05, 3.63) is 47.4 Å². The lowest BCUT2D eigenvalue weighted by Gasteiger charge is -2.25. The van der Waals surface area contributed by atoms with Crippen molar-refractivity contribution in [1.82, 2.24) is 19.9 Å². The Kier molecular flexibility index (Phi) is 4.87. The molecule has 0 saturated heterocycles. The molecule has 2 amide bonds. The monoisotopic (exact) mass is 435 g/mol. The Morgan fingerprint density at radius 3 is 2.90 bits per heavy atom. The van der Waals surface area contributed by atoms with E-state index in [1.54, 1.807) is 18.2 Å². The molecule has 3 heterocycles. The minimum atomic E-state index is -3.64. The third-order valence-corrected chi connectivity index (χ3v) is 6.92. The van der Waals surface area contributed by atoms with E-state index in [9.17, 15) is 17.6 Å². The molecule has 0 atom stereocenters. The Morgan fingerprint density at radius 1 is 1.38 bits per heavy atom. The van der Waals surface area contributed by atoms with Crippen molar-refractivity contribution in [2.45, 2.75) is 24.8 Å². The molecule has 0 spiro atoms. The number of anilines is 1. The van der Waals surface area contributed by atoms with Gasteiger partial charge in [-0.2, -0.15) is 0 Å². The number of hydrogen-bond donors (Lipinski definition) is 2. The summed E-state index contributed by atoms with van der Waals surface area (Å²) in [7, 11) is -3.64. The number of hydrogen-bond acceptors (Lipinski definition) is 6. The number of benzene rings is 1. The van der Waals surface area contributed by atoms with Crippen molar-refractivity contribution in [3.63, 3.8) is 0 Å². The molecule has 8 nitrogen and oxygen atoms in total. The summed E-state index contributed by atoms with van der Waals surface area (Å²) in [5.41, 5.74) is 3.02. The van der Waals surface area contributed by atoms with Crippen LogP contribution in [0.5, 0.6) is 0 Å². The topological polar surface area (TPSA) is 108 Å². The Bertz CT molecular complexity index is 1200. The van der Waals surface area contributed by atoms with Gasteiger partial charge in [-0.15, -0.1) is 0 Å². The number of carbonyl (C=O) groups is 1. The van der Waals surface area contributed by atoms with E-state index in [-0.39, 0.29) is 10.9 Å². The van der Waals surface area contributed by atoms with Gasteiger partial charge < -0.3 is 9.88 Å². The molecule has 3 aromatic rings. The number of carbonyl (C=O) groups excluding carboxylic acids is 1. The lowest BCUT2D eigenvalue weighted by Crippen LogP contribution is -2.38. The molecule has 2 N–H and O–H groups in total. The van der Waals surface area contributed by atoms with Crippen LogP contribution in [0.15, 0.2) is 29.4 Å². The van der Waals surface area contributed by atoms with E-state index in [1.165, 1.54) is 29.5 Å². The smallest absolute Gasteiger partial charge is 0.324 e.